The van der Waals surface area contributed by atoms with E-state index in [1.807, 2.05) is 0 Å². The molecule has 1 N–H and O–H groups in total. The number of fused-ring (bicyclic) bond motifs is 1. The Hall–Kier alpha value is -0.820. The molecule has 1 unspecified atom stereocenters. The average Bonchev–Trinajstić information content (AvgIpc) is 2.51. The summed E-state index contributed by atoms with van der Waals surface area (Å²) in [7, 11) is 0. The summed E-state index contributed by atoms with van der Waals surface area (Å²) in [5.41, 5.74) is 5.50. The molecule has 0 bridgehead atoms. The first-order valence-corrected chi connectivity index (χ1v) is 6.59. The van der Waals surface area contributed by atoms with Gasteiger partial charge < -0.3 is 5.11 Å². The summed E-state index contributed by atoms with van der Waals surface area (Å²) in [6.45, 7) is 4.39. The molecule has 88 valence electrons. The maximum Gasteiger partial charge on any atom is 0.0795 e. The van der Waals surface area contributed by atoms with Gasteiger partial charge >= 0.3 is 0 Å². The van der Waals surface area contributed by atoms with Crippen LogP contribution in [0.2, 0.25) is 0 Å². The third-order valence-electron chi connectivity index (χ3n) is 3.79. The largest absolute Gasteiger partial charge is 0.388 e. The fraction of sp³-hybridized carbons (Fsp3) is 0.600. The monoisotopic (exact) mass is 218 g/mol. The van der Waals surface area contributed by atoms with Gasteiger partial charge in [0.2, 0.25) is 0 Å². The number of aliphatic hydroxyl groups excluding tert-OH is 1. The summed E-state index contributed by atoms with van der Waals surface area (Å²) in [4.78, 5) is 0. The smallest absolute Gasteiger partial charge is 0.0795 e. The highest BCUT2D eigenvalue weighted by Gasteiger charge is 2.20. The van der Waals surface area contributed by atoms with Crippen LogP contribution in [0.25, 0.3) is 0 Å². The fourth-order valence-corrected chi connectivity index (χ4v) is 2.89. The second kappa shape index (κ2) is 5.01. The first kappa shape index (κ1) is 11.7. The standard InChI is InChI=1S/C15H22O/c1-3-11-9-10-12(4-2)15-13(11)7-5-6-8-14(15)16/h9-10,14,16H,3-8H2,1-2H3. The predicted molar refractivity (Wildman–Crippen MR) is 67.7 cm³/mol. The summed E-state index contributed by atoms with van der Waals surface area (Å²) in [5.74, 6) is 0. The van der Waals surface area contributed by atoms with Crippen LogP contribution in [0, 0.1) is 0 Å². The summed E-state index contributed by atoms with van der Waals surface area (Å²) < 4.78 is 0. The maximum atomic E-state index is 10.3. The highest BCUT2D eigenvalue weighted by Crippen LogP contribution is 2.33. The molecule has 0 amide bonds. The average molecular weight is 218 g/mol. The van der Waals surface area contributed by atoms with Gasteiger partial charge in [0.05, 0.1) is 6.10 Å². The molecule has 1 heteroatoms. The van der Waals surface area contributed by atoms with Gasteiger partial charge in [-0.15, -0.1) is 0 Å². The Kier molecular flexibility index (Phi) is 3.65. The molecule has 0 radical (unpaired) electrons. The van der Waals surface area contributed by atoms with Crippen LogP contribution in [0.4, 0.5) is 0 Å². The van der Waals surface area contributed by atoms with Gasteiger partial charge in [0.15, 0.2) is 0 Å². The van der Waals surface area contributed by atoms with Crippen LogP contribution in [-0.2, 0) is 19.3 Å². The second-order valence-corrected chi connectivity index (χ2v) is 4.74. The number of hydrogen-bond acceptors (Lipinski definition) is 1. The van der Waals surface area contributed by atoms with E-state index in [4.69, 9.17) is 0 Å². The van der Waals surface area contributed by atoms with Gasteiger partial charge in [-0.25, -0.2) is 0 Å². The normalized spacial score (nSPS) is 20.3. The summed E-state index contributed by atoms with van der Waals surface area (Å²) in [6.07, 6.45) is 6.37. The number of benzene rings is 1. The van der Waals surface area contributed by atoms with E-state index >= 15 is 0 Å². The molecule has 2 rings (SSSR count). The molecule has 0 fully saturated rings. The minimum Gasteiger partial charge on any atom is -0.388 e. The zero-order chi connectivity index (χ0) is 11.5. The van der Waals surface area contributed by atoms with E-state index in [2.05, 4.69) is 26.0 Å². The Labute approximate surface area is 98.5 Å². The second-order valence-electron chi connectivity index (χ2n) is 4.74. The van der Waals surface area contributed by atoms with Crippen molar-refractivity contribution in [3.8, 4) is 0 Å². The lowest BCUT2D eigenvalue weighted by Gasteiger charge is -2.19. The van der Waals surface area contributed by atoms with Crippen LogP contribution in [0.15, 0.2) is 12.1 Å². The lowest BCUT2D eigenvalue weighted by molar-refractivity contribution is 0.165. The lowest BCUT2D eigenvalue weighted by Crippen LogP contribution is -2.06. The van der Waals surface area contributed by atoms with E-state index in [9.17, 15) is 5.11 Å². The molecular weight excluding hydrogens is 196 g/mol. The van der Waals surface area contributed by atoms with Gasteiger partial charge in [0, 0.05) is 0 Å². The van der Waals surface area contributed by atoms with Crippen molar-refractivity contribution in [2.24, 2.45) is 0 Å². The van der Waals surface area contributed by atoms with Crippen LogP contribution in [0.1, 0.15) is 61.5 Å². The first-order valence-electron chi connectivity index (χ1n) is 6.59. The van der Waals surface area contributed by atoms with E-state index in [0.29, 0.717) is 0 Å². The number of aryl methyl sites for hydroxylation is 2. The summed E-state index contributed by atoms with van der Waals surface area (Å²) in [6, 6.07) is 4.47. The van der Waals surface area contributed by atoms with Gasteiger partial charge in [-0.3, -0.25) is 0 Å². The summed E-state index contributed by atoms with van der Waals surface area (Å²) in [5, 5.41) is 10.3. The van der Waals surface area contributed by atoms with Crippen molar-refractivity contribution in [1.82, 2.24) is 0 Å². The van der Waals surface area contributed by atoms with Crippen molar-refractivity contribution in [3.63, 3.8) is 0 Å². The minimum atomic E-state index is -0.223. The van der Waals surface area contributed by atoms with E-state index in [0.717, 1.165) is 32.1 Å². The SMILES string of the molecule is CCc1ccc(CC)c2c1CCCCC2O. The molecule has 0 saturated heterocycles. The van der Waals surface area contributed by atoms with Crippen molar-refractivity contribution >= 4 is 0 Å². The molecule has 1 aliphatic rings. The van der Waals surface area contributed by atoms with E-state index in [1.165, 1.54) is 28.7 Å². The Morgan fingerprint density at radius 3 is 2.50 bits per heavy atom. The third kappa shape index (κ3) is 2.01. The van der Waals surface area contributed by atoms with Gasteiger partial charge in [-0.1, -0.05) is 32.4 Å². The molecule has 16 heavy (non-hydrogen) atoms. The molecule has 0 aliphatic heterocycles. The Bertz CT molecular complexity index is 368. The van der Waals surface area contributed by atoms with Crippen LogP contribution >= 0.6 is 0 Å². The van der Waals surface area contributed by atoms with Crippen LogP contribution in [-0.4, -0.2) is 5.11 Å². The zero-order valence-corrected chi connectivity index (χ0v) is 10.4. The quantitative estimate of drug-likeness (QED) is 0.752. The molecule has 0 saturated carbocycles. The van der Waals surface area contributed by atoms with Crippen molar-refractivity contribution < 1.29 is 5.11 Å². The van der Waals surface area contributed by atoms with E-state index in [-0.39, 0.29) is 6.10 Å². The van der Waals surface area contributed by atoms with Crippen LogP contribution in [0.5, 0.6) is 0 Å². The van der Waals surface area contributed by atoms with Crippen molar-refractivity contribution in [1.29, 1.82) is 0 Å². The Morgan fingerprint density at radius 1 is 1.12 bits per heavy atom. The topological polar surface area (TPSA) is 20.2 Å². The van der Waals surface area contributed by atoms with Crippen molar-refractivity contribution in [3.05, 3.63) is 34.4 Å². The molecule has 1 aromatic rings. The highest BCUT2D eigenvalue weighted by atomic mass is 16.3. The molecule has 1 atom stereocenters. The Morgan fingerprint density at radius 2 is 1.81 bits per heavy atom. The molecule has 1 nitrogen and oxygen atoms in total. The highest BCUT2D eigenvalue weighted by molar-refractivity contribution is 5.43. The lowest BCUT2D eigenvalue weighted by atomic mass is 9.89. The number of rotatable bonds is 2. The fourth-order valence-electron chi connectivity index (χ4n) is 2.89. The first-order chi connectivity index (χ1) is 7.77. The van der Waals surface area contributed by atoms with Crippen molar-refractivity contribution in [2.75, 3.05) is 0 Å². The molecule has 0 aromatic heterocycles. The van der Waals surface area contributed by atoms with Crippen LogP contribution < -0.4 is 0 Å². The Balaban J connectivity index is 2.56. The molecule has 0 heterocycles. The molecular formula is C15H22O. The van der Waals surface area contributed by atoms with E-state index in [1.54, 1.807) is 0 Å². The summed E-state index contributed by atoms with van der Waals surface area (Å²) >= 11 is 0. The van der Waals surface area contributed by atoms with Crippen LogP contribution in [0.3, 0.4) is 0 Å². The van der Waals surface area contributed by atoms with Gasteiger partial charge in [0.1, 0.15) is 0 Å². The minimum absolute atomic E-state index is 0.223. The van der Waals surface area contributed by atoms with E-state index < -0.39 is 0 Å². The van der Waals surface area contributed by atoms with Gasteiger partial charge in [-0.05, 0) is 54.4 Å². The molecule has 0 spiro atoms. The van der Waals surface area contributed by atoms with Gasteiger partial charge in [-0.2, -0.15) is 0 Å². The third-order valence-corrected chi connectivity index (χ3v) is 3.79. The van der Waals surface area contributed by atoms with Gasteiger partial charge in [0.25, 0.3) is 0 Å². The zero-order valence-electron chi connectivity index (χ0n) is 10.4. The predicted octanol–water partition coefficient (Wildman–Crippen LogP) is 3.57. The molecule has 1 aromatic carbocycles. The number of aliphatic hydroxyl groups is 1. The van der Waals surface area contributed by atoms with Crippen molar-refractivity contribution in [2.45, 2.75) is 58.5 Å². The number of hydrogen-bond donors (Lipinski definition) is 1. The maximum absolute atomic E-state index is 10.3. The molecule has 1 aliphatic carbocycles.